The maximum Gasteiger partial charge on any atom is 0.229 e. The Kier molecular flexibility index (Phi) is 5.24. The van der Waals surface area contributed by atoms with Crippen molar-refractivity contribution >= 4 is 17.5 Å². The number of hydrogen-bond acceptors (Lipinski definition) is 5. The first-order valence-electron chi connectivity index (χ1n) is 7.95. The van der Waals surface area contributed by atoms with E-state index in [0.29, 0.717) is 19.1 Å². The summed E-state index contributed by atoms with van der Waals surface area (Å²) in [6.07, 6.45) is 1.73. The molecule has 2 aromatic carbocycles. The van der Waals surface area contributed by atoms with Gasteiger partial charge in [0.2, 0.25) is 5.95 Å². The normalized spacial score (nSPS) is 10.2. The summed E-state index contributed by atoms with van der Waals surface area (Å²) < 4.78 is 5.61. The van der Waals surface area contributed by atoms with E-state index in [-0.39, 0.29) is 0 Å². The van der Waals surface area contributed by atoms with Crippen molar-refractivity contribution in [3.63, 3.8) is 0 Å². The molecule has 122 valence electrons. The van der Waals surface area contributed by atoms with Crippen LogP contribution in [-0.2, 0) is 6.54 Å². The van der Waals surface area contributed by atoms with Crippen LogP contribution >= 0.6 is 0 Å². The molecule has 0 fully saturated rings. The zero-order chi connectivity index (χ0) is 16.6. The van der Waals surface area contributed by atoms with Gasteiger partial charge in [-0.2, -0.15) is 4.98 Å². The Balaban J connectivity index is 1.69. The van der Waals surface area contributed by atoms with Crippen molar-refractivity contribution in [2.75, 3.05) is 17.2 Å². The lowest BCUT2D eigenvalue weighted by Crippen LogP contribution is -2.05. The van der Waals surface area contributed by atoms with Crippen molar-refractivity contribution in [1.29, 1.82) is 0 Å². The molecule has 24 heavy (non-hydrogen) atoms. The van der Waals surface area contributed by atoms with Gasteiger partial charge in [-0.25, -0.2) is 4.98 Å². The van der Waals surface area contributed by atoms with Crippen LogP contribution in [0.5, 0.6) is 5.75 Å². The summed E-state index contributed by atoms with van der Waals surface area (Å²) in [5, 5.41) is 6.51. The van der Waals surface area contributed by atoms with Crippen molar-refractivity contribution in [2.24, 2.45) is 0 Å². The quantitative estimate of drug-likeness (QED) is 0.682. The second-order valence-electron chi connectivity index (χ2n) is 5.16. The van der Waals surface area contributed by atoms with Crippen molar-refractivity contribution in [3.8, 4) is 5.75 Å². The van der Waals surface area contributed by atoms with Gasteiger partial charge in [0.1, 0.15) is 11.6 Å². The Morgan fingerprint density at radius 1 is 0.958 bits per heavy atom. The van der Waals surface area contributed by atoms with Crippen molar-refractivity contribution < 1.29 is 4.74 Å². The molecule has 3 aromatic rings. The minimum Gasteiger partial charge on any atom is -0.492 e. The zero-order valence-electron chi connectivity index (χ0n) is 13.6. The highest BCUT2D eigenvalue weighted by atomic mass is 16.5. The van der Waals surface area contributed by atoms with Crippen LogP contribution in [0.4, 0.5) is 17.5 Å². The lowest BCUT2D eigenvalue weighted by atomic mass is 10.2. The fraction of sp³-hybridized carbons (Fsp3) is 0.158. The second-order valence-corrected chi connectivity index (χ2v) is 5.16. The van der Waals surface area contributed by atoms with Gasteiger partial charge in [-0.15, -0.1) is 0 Å². The molecular formula is C19H20N4O. The van der Waals surface area contributed by atoms with Gasteiger partial charge < -0.3 is 15.4 Å². The van der Waals surface area contributed by atoms with Gasteiger partial charge in [0.05, 0.1) is 12.3 Å². The number of rotatable bonds is 7. The first-order chi connectivity index (χ1) is 11.8. The summed E-state index contributed by atoms with van der Waals surface area (Å²) in [7, 11) is 0. The summed E-state index contributed by atoms with van der Waals surface area (Å²) >= 11 is 0. The van der Waals surface area contributed by atoms with Gasteiger partial charge in [0, 0.05) is 12.7 Å². The molecule has 5 nitrogen and oxygen atoms in total. The van der Waals surface area contributed by atoms with E-state index in [0.717, 1.165) is 17.3 Å². The Labute approximate surface area is 141 Å². The van der Waals surface area contributed by atoms with E-state index in [1.807, 2.05) is 55.5 Å². The molecule has 0 atom stereocenters. The van der Waals surface area contributed by atoms with Crippen LogP contribution in [0.25, 0.3) is 0 Å². The summed E-state index contributed by atoms with van der Waals surface area (Å²) in [5.41, 5.74) is 2.05. The van der Waals surface area contributed by atoms with Crippen LogP contribution in [0, 0.1) is 0 Å². The third-order valence-electron chi connectivity index (χ3n) is 3.41. The third kappa shape index (κ3) is 4.23. The van der Waals surface area contributed by atoms with Crippen LogP contribution in [0.3, 0.4) is 0 Å². The van der Waals surface area contributed by atoms with E-state index in [4.69, 9.17) is 4.74 Å². The molecule has 2 N–H and O–H groups in total. The van der Waals surface area contributed by atoms with E-state index < -0.39 is 0 Å². The number of aromatic nitrogens is 2. The molecule has 0 aliphatic heterocycles. The summed E-state index contributed by atoms with van der Waals surface area (Å²) in [6, 6.07) is 19.8. The molecule has 0 amide bonds. The van der Waals surface area contributed by atoms with Crippen LogP contribution in [-0.4, -0.2) is 16.6 Å². The van der Waals surface area contributed by atoms with Gasteiger partial charge in [-0.1, -0.05) is 42.5 Å². The summed E-state index contributed by atoms with van der Waals surface area (Å²) in [5.74, 6) is 2.08. The number of anilines is 3. The summed E-state index contributed by atoms with van der Waals surface area (Å²) in [4.78, 5) is 8.77. The lowest BCUT2D eigenvalue weighted by molar-refractivity contribution is 0.342. The maximum atomic E-state index is 5.61. The largest absolute Gasteiger partial charge is 0.492 e. The number of para-hydroxylation sites is 2. The Morgan fingerprint density at radius 2 is 1.75 bits per heavy atom. The number of ether oxygens (including phenoxy) is 1. The van der Waals surface area contributed by atoms with Crippen molar-refractivity contribution in [3.05, 3.63) is 72.4 Å². The third-order valence-corrected chi connectivity index (χ3v) is 3.41. The molecule has 1 heterocycles. The number of benzene rings is 2. The molecule has 3 rings (SSSR count). The van der Waals surface area contributed by atoms with E-state index in [1.165, 1.54) is 5.56 Å². The topological polar surface area (TPSA) is 59.1 Å². The molecule has 5 heteroatoms. The molecule has 0 unspecified atom stereocenters. The Hall–Kier alpha value is -3.08. The molecule has 0 saturated carbocycles. The van der Waals surface area contributed by atoms with Gasteiger partial charge in [0.25, 0.3) is 0 Å². The van der Waals surface area contributed by atoms with Crippen molar-refractivity contribution in [2.45, 2.75) is 13.5 Å². The molecule has 1 aromatic heterocycles. The molecule has 0 saturated heterocycles. The standard InChI is InChI=1S/C19H20N4O/c1-2-24-17-11-7-6-10-16(17)22-19-20-13-12-18(23-19)21-14-15-8-4-3-5-9-15/h3-13H,2,14H2,1H3,(H2,20,21,22,23). The maximum absolute atomic E-state index is 5.61. The van der Waals surface area contributed by atoms with Gasteiger partial charge in [0.15, 0.2) is 0 Å². The predicted octanol–water partition coefficient (Wildman–Crippen LogP) is 4.23. The average molecular weight is 320 g/mol. The van der Waals surface area contributed by atoms with Gasteiger partial charge in [-0.05, 0) is 30.7 Å². The van der Waals surface area contributed by atoms with Crippen LogP contribution < -0.4 is 15.4 Å². The highest BCUT2D eigenvalue weighted by Crippen LogP contribution is 2.26. The molecule has 0 aliphatic carbocycles. The zero-order valence-corrected chi connectivity index (χ0v) is 13.6. The first kappa shape index (κ1) is 15.8. The fourth-order valence-corrected chi connectivity index (χ4v) is 2.28. The molecule has 0 bridgehead atoms. The molecule has 0 radical (unpaired) electrons. The van der Waals surface area contributed by atoms with Crippen LogP contribution in [0.1, 0.15) is 12.5 Å². The van der Waals surface area contributed by atoms with Crippen molar-refractivity contribution in [1.82, 2.24) is 9.97 Å². The number of nitrogens with one attached hydrogen (secondary N) is 2. The molecular weight excluding hydrogens is 300 g/mol. The lowest BCUT2D eigenvalue weighted by Gasteiger charge is -2.12. The minimum absolute atomic E-state index is 0.528. The predicted molar refractivity (Wildman–Crippen MR) is 96.7 cm³/mol. The SMILES string of the molecule is CCOc1ccccc1Nc1nccc(NCc2ccccc2)n1. The van der Waals surface area contributed by atoms with E-state index in [1.54, 1.807) is 6.20 Å². The minimum atomic E-state index is 0.528. The van der Waals surface area contributed by atoms with E-state index in [2.05, 4.69) is 32.7 Å². The molecule has 0 aliphatic rings. The van der Waals surface area contributed by atoms with Crippen LogP contribution in [0.2, 0.25) is 0 Å². The van der Waals surface area contributed by atoms with Crippen LogP contribution in [0.15, 0.2) is 66.9 Å². The van der Waals surface area contributed by atoms with E-state index >= 15 is 0 Å². The fourth-order valence-electron chi connectivity index (χ4n) is 2.28. The van der Waals surface area contributed by atoms with Gasteiger partial charge in [-0.3, -0.25) is 0 Å². The number of nitrogens with zero attached hydrogens (tertiary/aromatic N) is 2. The molecule has 0 spiro atoms. The van der Waals surface area contributed by atoms with Gasteiger partial charge >= 0.3 is 0 Å². The monoisotopic (exact) mass is 320 g/mol. The number of hydrogen-bond donors (Lipinski definition) is 2. The first-order valence-corrected chi connectivity index (χ1v) is 7.95. The highest BCUT2D eigenvalue weighted by Gasteiger charge is 2.05. The summed E-state index contributed by atoms with van der Waals surface area (Å²) in [6.45, 7) is 3.28. The smallest absolute Gasteiger partial charge is 0.229 e. The van der Waals surface area contributed by atoms with E-state index in [9.17, 15) is 0 Å². The Bertz CT molecular complexity index is 777. The average Bonchev–Trinajstić information content (AvgIpc) is 2.63. The second kappa shape index (κ2) is 7.97. The Morgan fingerprint density at radius 3 is 2.58 bits per heavy atom. The highest BCUT2D eigenvalue weighted by molar-refractivity contribution is 5.62.